The van der Waals surface area contributed by atoms with Crippen LogP contribution in [0.1, 0.15) is 45.4 Å². The van der Waals surface area contributed by atoms with Crippen LogP contribution < -0.4 is 11.1 Å². The van der Waals surface area contributed by atoms with E-state index in [-0.39, 0.29) is 11.6 Å². The first-order valence-electron chi connectivity index (χ1n) is 6.31. The van der Waals surface area contributed by atoms with Gasteiger partial charge in [-0.15, -0.1) is 0 Å². The summed E-state index contributed by atoms with van der Waals surface area (Å²) >= 11 is 0. The number of anilines is 1. The molecule has 0 spiro atoms. The molecule has 3 N–H and O–H groups in total. The molecule has 2 aromatic rings. The normalized spacial score (nSPS) is 14.0. The molecule has 1 aromatic carbocycles. The van der Waals surface area contributed by atoms with Crippen molar-refractivity contribution in [1.82, 2.24) is 5.16 Å². The molecule has 0 saturated heterocycles. The van der Waals surface area contributed by atoms with Crippen LogP contribution >= 0.6 is 0 Å². The van der Waals surface area contributed by atoms with E-state index in [1.165, 1.54) is 6.07 Å². The Morgan fingerprint density at radius 3 is 2.80 bits per heavy atom. The lowest BCUT2D eigenvalue weighted by molar-refractivity contribution is 0.0994. The number of carbonyl (C=O) groups is 2. The lowest BCUT2D eigenvalue weighted by Gasteiger charge is -2.03. The van der Waals surface area contributed by atoms with Gasteiger partial charge in [-0.05, 0) is 31.0 Å². The van der Waals surface area contributed by atoms with Crippen molar-refractivity contribution in [1.29, 1.82) is 0 Å². The van der Waals surface area contributed by atoms with Crippen LogP contribution in [0.25, 0.3) is 0 Å². The van der Waals surface area contributed by atoms with Gasteiger partial charge < -0.3 is 15.6 Å². The summed E-state index contributed by atoms with van der Waals surface area (Å²) in [4.78, 5) is 23.1. The van der Waals surface area contributed by atoms with Gasteiger partial charge in [0.05, 0.1) is 0 Å². The Morgan fingerprint density at radius 2 is 2.10 bits per heavy atom. The molecule has 102 valence electrons. The van der Waals surface area contributed by atoms with Gasteiger partial charge in [0.25, 0.3) is 5.91 Å². The van der Waals surface area contributed by atoms with Gasteiger partial charge in [0.1, 0.15) is 5.76 Å². The summed E-state index contributed by atoms with van der Waals surface area (Å²) in [5.74, 6) is 0.240. The number of hydrogen-bond acceptors (Lipinski definition) is 4. The first-order chi connectivity index (χ1) is 9.63. The lowest BCUT2D eigenvalue weighted by atomic mass is 10.2. The monoisotopic (exact) mass is 271 g/mol. The zero-order valence-corrected chi connectivity index (χ0v) is 10.6. The van der Waals surface area contributed by atoms with E-state index < -0.39 is 5.91 Å². The molecule has 1 fully saturated rings. The SMILES string of the molecule is NC(=O)c1cccc(NC(=O)c2cc(C3CC3)on2)c1. The van der Waals surface area contributed by atoms with Crippen LogP contribution in [0.15, 0.2) is 34.9 Å². The summed E-state index contributed by atoms with van der Waals surface area (Å²) in [6.07, 6.45) is 2.16. The van der Waals surface area contributed by atoms with E-state index in [1.54, 1.807) is 24.3 Å². The van der Waals surface area contributed by atoms with Gasteiger partial charge in [0, 0.05) is 23.2 Å². The quantitative estimate of drug-likeness (QED) is 0.887. The smallest absolute Gasteiger partial charge is 0.277 e. The third-order valence-corrected chi connectivity index (χ3v) is 3.15. The third kappa shape index (κ3) is 2.54. The van der Waals surface area contributed by atoms with E-state index in [9.17, 15) is 9.59 Å². The molecule has 1 saturated carbocycles. The predicted molar refractivity (Wildman–Crippen MR) is 71.4 cm³/mol. The second kappa shape index (κ2) is 4.80. The molecule has 1 aliphatic carbocycles. The maximum atomic E-state index is 12.0. The van der Waals surface area contributed by atoms with Crippen LogP contribution in [0, 0.1) is 0 Å². The third-order valence-electron chi connectivity index (χ3n) is 3.15. The van der Waals surface area contributed by atoms with E-state index in [2.05, 4.69) is 10.5 Å². The Bertz CT molecular complexity index is 674. The second-order valence-electron chi connectivity index (χ2n) is 4.79. The van der Waals surface area contributed by atoms with Gasteiger partial charge in [0.15, 0.2) is 5.69 Å². The molecule has 1 aliphatic rings. The highest BCUT2D eigenvalue weighted by Crippen LogP contribution is 2.40. The van der Waals surface area contributed by atoms with Crippen molar-refractivity contribution in [2.45, 2.75) is 18.8 Å². The molecular formula is C14H13N3O3. The van der Waals surface area contributed by atoms with Crippen molar-refractivity contribution < 1.29 is 14.1 Å². The fourth-order valence-corrected chi connectivity index (χ4v) is 1.90. The van der Waals surface area contributed by atoms with Crippen molar-refractivity contribution in [2.24, 2.45) is 5.73 Å². The molecule has 3 rings (SSSR count). The molecule has 0 radical (unpaired) electrons. The number of hydrogen-bond donors (Lipinski definition) is 2. The maximum absolute atomic E-state index is 12.0. The van der Waals surface area contributed by atoms with Crippen LogP contribution in [-0.4, -0.2) is 17.0 Å². The molecule has 20 heavy (non-hydrogen) atoms. The number of benzene rings is 1. The Morgan fingerprint density at radius 1 is 1.30 bits per heavy atom. The van der Waals surface area contributed by atoms with Crippen LogP contribution in [0.3, 0.4) is 0 Å². The van der Waals surface area contributed by atoms with Crippen molar-refractivity contribution >= 4 is 17.5 Å². The van der Waals surface area contributed by atoms with Gasteiger partial charge in [-0.2, -0.15) is 0 Å². The molecule has 1 heterocycles. The Kier molecular flexibility index (Phi) is 2.98. The Hall–Kier alpha value is -2.63. The van der Waals surface area contributed by atoms with E-state index in [1.807, 2.05) is 0 Å². The van der Waals surface area contributed by atoms with E-state index >= 15 is 0 Å². The van der Waals surface area contributed by atoms with Gasteiger partial charge in [-0.1, -0.05) is 11.2 Å². The largest absolute Gasteiger partial charge is 0.366 e. The maximum Gasteiger partial charge on any atom is 0.277 e. The number of primary amides is 1. The molecule has 0 atom stereocenters. The van der Waals surface area contributed by atoms with Gasteiger partial charge in [-0.3, -0.25) is 9.59 Å². The number of amides is 2. The van der Waals surface area contributed by atoms with Gasteiger partial charge >= 0.3 is 0 Å². The molecular weight excluding hydrogens is 258 g/mol. The van der Waals surface area contributed by atoms with Crippen LogP contribution in [-0.2, 0) is 0 Å². The lowest BCUT2D eigenvalue weighted by Crippen LogP contribution is -2.14. The average molecular weight is 271 g/mol. The second-order valence-corrected chi connectivity index (χ2v) is 4.79. The fraction of sp³-hybridized carbons (Fsp3) is 0.214. The van der Waals surface area contributed by atoms with Crippen LogP contribution in [0.4, 0.5) is 5.69 Å². The molecule has 0 bridgehead atoms. The standard InChI is InChI=1S/C14H13N3O3/c15-13(18)9-2-1-3-10(6-9)16-14(19)11-7-12(20-17-11)8-4-5-8/h1-3,6-8H,4-5H2,(H2,15,18)(H,16,19). The zero-order chi connectivity index (χ0) is 14.1. The number of aromatic nitrogens is 1. The van der Waals surface area contributed by atoms with Gasteiger partial charge in [-0.25, -0.2) is 0 Å². The van der Waals surface area contributed by atoms with Crippen molar-refractivity contribution in [3.8, 4) is 0 Å². The fourth-order valence-electron chi connectivity index (χ4n) is 1.90. The molecule has 6 heteroatoms. The van der Waals surface area contributed by atoms with Gasteiger partial charge in [0.2, 0.25) is 5.91 Å². The summed E-state index contributed by atoms with van der Waals surface area (Å²) in [6, 6.07) is 8.08. The highest BCUT2D eigenvalue weighted by Gasteiger charge is 2.28. The van der Waals surface area contributed by atoms with Crippen LogP contribution in [0.2, 0.25) is 0 Å². The number of carbonyl (C=O) groups excluding carboxylic acids is 2. The first kappa shape index (κ1) is 12.4. The average Bonchev–Trinajstić information content (AvgIpc) is 3.16. The van der Waals surface area contributed by atoms with E-state index in [0.29, 0.717) is 17.2 Å². The van der Waals surface area contributed by atoms with E-state index in [4.69, 9.17) is 10.3 Å². The summed E-state index contributed by atoms with van der Waals surface area (Å²) in [5, 5.41) is 6.41. The molecule has 0 aliphatic heterocycles. The number of rotatable bonds is 4. The number of nitrogens with two attached hydrogens (primary N) is 1. The first-order valence-corrected chi connectivity index (χ1v) is 6.31. The highest BCUT2D eigenvalue weighted by molar-refractivity contribution is 6.03. The molecule has 2 amide bonds. The summed E-state index contributed by atoms with van der Waals surface area (Å²) in [5.41, 5.74) is 6.24. The summed E-state index contributed by atoms with van der Waals surface area (Å²) < 4.78 is 5.12. The minimum atomic E-state index is -0.543. The minimum absolute atomic E-state index is 0.233. The van der Waals surface area contributed by atoms with Crippen LogP contribution in [0.5, 0.6) is 0 Å². The molecule has 1 aromatic heterocycles. The minimum Gasteiger partial charge on any atom is -0.366 e. The Labute approximate surface area is 114 Å². The topological polar surface area (TPSA) is 98.2 Å². The number of nitrogens with one attached hydrogen (secondary N) is 1. The number of nitrogens with zero attached hydrogens (tertiary/aromatic N) is 1. The molecule has 0 unspecified atom stereocenters. The Balaban J connectivity index is 1.74. The molecule has 6 nitrogen and oxygen atoms in total. The van der Waals surface area contributed by atoms with Crippen molar-refractivity contribution in [3.63, 3.8) is 0 Å². The highest BCUT2D eigenvalue weighted by atomic mass is 16.5. The van der Waals surface area contributed by atoms with Crippen molar-refractivity contribution in [3.05, 3.63) is 47.3 Å². The zero-order valence-electron chi connectivity index (χ0n) is 10.6. The summed E-state index contributed by atoms with van der Waals surface area (Å²) in [6.45, 7) is 0. The summed E-state index contributed by atoms with van der Waals surface area (Å²) in [7, 11) is 0. The van der Waals surface area contributed by atoms with Crippen molar-refractivity contribution in [2.75, 3.05) is 5.32 Å². The predicted octanol–water partition coefficient (Wildman–Crippen LogP) is 1.90. The van der Waals surface area contributed by atoms with E-state index in [0.717, 1.165) is 18.6 Å².